The average Bonchev–Trinajstić information content (AvgIpc) is 2.35. The Labute approximate surface area is 105 Å². The third-order valence-electron chi connectivity index (χ3n) is 4.23. The zero-order chi connectivity index (χ0) is 12.3. The van der Waals surface area contributed by atoms with Crippen molar-refractivity contribution in [1.82, 2.24) is 16.3 Å². The molecule has 0 amide bonds. The van der Waals surface area contributed by atoms with E-state index in [1.54, 1.807) is 0 Å². The van der Waals surface area contributed by atoms with Crippen LogP contribution in [0.2, 0.25) is 0 Å². The molecule has 4 nitrogen and oxygen atoms in total. The van der Waals surface area contributed by atoms with Crippen LogP contribution in [0.15, 0.2) is 5.10 Å². The summed E-state index contributed by atoms with van der Waals surface area (Å²) in [6, 6.07) is 0. The second-order valence-corrected chi connectivity index (χ2v) is 5.75. The van der Waals surface area contributed by atoms with Crippen LogP contribution < -0.4 is 16.3 Å². The molecule has 0 aromatic heterocycles. The summed E-state index contributed by atoms with van der Waals surface area (Å²) in [5, 5.41) is 4.50. The van der Waals surface area contributed by atoms with E-state index in [4.69, 9.17) is 0 Å². The normalized spacial score (nSPS) is 34.6. The molecule has 1 saturated heterocycles. The van der Waals surface area contributed by atoms with Crippen molar-refractivity contribution in [2.75, 3.05) is 6.54 Å². The fourth-order valence-corrected chi connectivity index (χ4v) is 2.76. The third kappa shape index (κ3) is 3.19. The fraction of sp³-hybridized carbons (Fsp3) is 0.923. The van der Waals surface area contributed by atoms with Gasteiger partial charge in [0.05, 0.1) is 0 Å². The van der Waals surface area contributed by atoms with Crippen LogP contribution in [-0.2, 0) is 0 Å². The molecule has 1 aliphatic carbocycles. The van der Waals surface area contributed by atoms with Crippen molar-refractivity contribution in [2.24, 2.45) is 22.9 Å². The molecule has 3 atom stereocenters. The zero-order valence-electron chi connectivity index (χ0n) is 11.3. The Morgan fingerprint density at radius 3 is 2.82 bits per heavy atom. The molecule has 4 heteroatoms. The summed E-state index contributed by atoms with van der Waals surface area (Å²) >= 11 is 0. The molecule has 17 heavy (non-hydrogen) atoms. The quantitative estimate of drug-likeness (QED) is 0.519. The van der Waals surface area contributed by atoms with Crippen LogP contribution in [0.4, 0.5) is 0 Å². The molecule has 1 aliphatic heterocycles. The smallest absolute Gasteiger partial charge is 0.109 e. The van der Waals surface area contributed by atoms with E-state index in [2.05, 4.69) is 42.1 Å². The predicted molar refractivity (Wildman–Crippen MR) is 71.5 cm³/mol. The Kier molecular flexibility index (Phi) is 4.40. The van der Waals surface area contributed by atoms with E-state index in [0.29, 0.717) is 12.1 Å². The van der Waals surface area contributed by atoms with Gasteiger partial charge in [0.15, 0.2) is 0 Å². The maximum atomic E-state index is 4.50. The van der Waals surface area contributed by atoms with Crippen LogP contribution in [-0.4, -0.2) is 18.4 Å². The van der Waals surface area contributed by atoms with Crippen LogP contribution in [0.3, 0.4) is 0 Å². The van der Waals surface area contributed by atoms with E-state index in [9.17, 15) is 0 Å². The standard InChI is InChI=1S/C13H26N4/c1-9(2)10(3)15-17-13-12-7-5-4-6-11(12)8-14-16-13/h9,11-14,16-17H,4-8H2,1-3H3. The van der Waals surface area contributed by atoms with Gasteiger partial charge in [-0.2, -0.15) is 5.10 Å². The van der Waals surface area contributed by atoms with E-state index in [1.807, 2.05) is 0 Å². The van der Waals surface area contributed by atoms with E-state index in [1.165, 1.54) is 31.4 Å². The fourth-order valence-electron chi connectivity index (χ4n) is 2.76. The maximum absolute atomic E-state index is 4.50. The van der Waals surface area contributed by atoms with Crippen molar-refractivity contribution < 1.29 is 0 Å². The second kappa shape index (κ2) is 5.83. The monoisotopic (exact) mass is 238 g/mol. The highest BCUT2D eigenvalue weighted by atomic mass is 15.5. The molecule has 3 unspecified atom stereocenters. The van der Waals surface area contributed by atoms with Gasteiger partial charge in [-0.3, -0.25) is 10.9 Å². The minimum Gasteiger partial charge on any atom is -0.291 e. The summed E-state index contributed by atoms with van der Waals surface area (Å²) in [6.07, 6.45) is 5.75. The molecule has 0 spiro atoms. The van der Waals surface area contributed by atoms with Crippen molar-refractivity contribution in [1.29, 1.82) is 0 Å². The third-order valence-corrected chi connectivity index (χ3v) is 4.23. The molecule has 0 aromatic carbocycles. The van der Waals surface area contributed by atoms with E-state index >= 15 is 0 Å². The van der Waals surface area contributed by atoms with Gasteiger partial charge in [0, 0.05) is 12.3 Å². The number of fused-ring (bicyclic) bond motifs is 1. The highest BCUT2D eigenvalue weighted by Gasteiger charge is 2.34. The summed E-state index contributed by atoms with van der Waals surface area (Å²) in [5.41, 5.74) is 11.1. The van der Waals surface area contributed by atoms with Gasteiger partial charge < -0.3 is 0 Å². The molecular weight excluding hydrogens is 212 g/mol. The van der Waals surface area contributed by atoms with Crippen molar-refractivity contribution >= 4 is 5.71 Å². The van der Waals surface area contributed by atoms with Gasteiger partial charge in [0.2, 0.25) is 0 Å². The second-order valence-electron chi connectivity index (χ2n) is 5.75. The van der Waals surface area contributed by atoms with Crippen LogP contribution in [0.25, 0.3) is 0 Å². The SMILES string of the molecule is CC(=NNC1NNCC2CCCCC21)C(C)C. The number of hydrogen-bond donors (Lipinski definition) is 3. The van der Waals surface area contributed by atoms with Gasteiger partial charge in [0.1, 0.15) is 6.17 Å². The molecular formula is C13H26N4. The topological polar surface area (TPSA) is 48.5 Å². The van der Waals surface area contributed by atoms with Crippen LogP contribution in [0.1, 0.15) is 46.5 Å². The number of rotatable bonds is 3. The first-order chi connectivity index (χ1) is 8.18. The summed E-state index contributed by atoms with van der Waals surface area (Å²) in [7, 11) is 0. The molecule has 2 aliphatic rings. The largest absolute Gasteiger partial charge is 0.291 e. The number of hydrazine groups is 1. The summed E-state index contributed by atoms with van der Waals surface area (Å²) < 4.78 is 0. The molecule has 0 bridgehead atoms. The Hall–Kier alpha value is -0.610. The molecule has 2 rings (SSSR count). The van der Waals surface area contributed by atoms with Crippen molar-refractivity contribution in [3.05, 3.63) is 0 Å². The lowest BCUT2D eigenvalue weighted by Crippen LogP contribution is -2.61. The van der Waals surface area contributed by atoms with E-state index in [0.717, 1.165) is 18.4 Å². The Morgan fingerprint density at radius 1 is 1.29 bits per heavy atom. The lowest BCUT2D eigenvalue weighted by Gasteiger charge is -2.41. The van der Waals surface area contributed by atoms with Gasteiger partial charge in [-0.25, -0.2) is 5.43 Å². The van der Waals surface area contributed by atoms with Crippen molar-refractivity contribution in [3.63, 3.8) is 0 Å². The summed E-state index contributed by atoms with van der Waals surface area (Å²) in [6.45, 7) is 7.55. The van der Waals surface area contributed by atoms with Crippen LogP contribution in [0.5, 0.6) is 0 Å². The van der Waals surface area contributed by atoms with Gasteiger partial charge in [-0.05, 0) is 37.5 Å². The maximum Gasteiger partial charge on any atom is 0.109 e. The minimum absolute atomic E-state index is 0.294. The molecule has 0 radical (unpaired) electrons. The van der Waals surface area contributed by atoms with Crippen molar-refractivity contribution in [2.45, 2.75) is 52.6 Å². The Balaban J connectivity index is 1.92. The Bertz CT molecular complexity index is 273. The van der Waals surface area contributed by atoms with E-state index in [-0.39, 0.29) is 0 Å². The highest BCUT2D eigenvalue weighted by Crippen LogP contribution is 2.32. The molecule has 0 aromatic rings. The van der Waals surface area contributed by atoms with Gasteiger partial charge in [-0.1, -0.05) is 26.7 Å². The van der Waals surface area contributed by atoms with Gasteiger partial charge >= 0.3 is 0 Å². The lowest BCUT2D eigenvalue weighted by molar-refractivity contribution is 0.0994. The van der Waals surface area contributed by atoms with Crippen LogP contribution >= 0.6 is 0 Å². The van der Waals surface area contributed by atoms with Gasteiger partial charge in [-0.15, -0.1) is 0 Å². The number of nitrogens with zero attached hydrogens (tertiary/aromatic N) is 1. The van der Waals surface area contributed by atoms with Gasteiger partial charge in [0.25, 0.3) is 0 Å². The van der Waals surface area contributed by atoms with E-state index < -0.39 is 0 Å². The summed E-state index contributed by atoms with van der Waals surface area (Å²) in [5.74, 6) is 2.06. The molecule has 2 fully saturated rings. The number of nitrogens with one attached hydrogen (secondary N) is 3. The summed E-state index contributed by atoms with van der Waals surface area (Å²) in [4.78, 5) is 0. The first-order valence-electron chi connectivity index (χ1n) is 6.96. The molecule has 3 N–H and O–H groups in total. The Morgan fingerprint density at radius 2 is 2.06 bits per heavy atom. The molecule has 1 heterocycles. The lowest BCUT2D eigenvalue weighted by atomic mass is 9.77. The van der Waals surface area contributed by atoms with Crippen LogP contribution in [0, 0.1) is 17.8 Å². The highest BCUT2D eigenvalue weighted by molar-refractivity contribution is 5.83. The number of hydrazone groups is 1. The average molecular weight is 238 g/mol. The number of hydrogen-bond acceptors (Lipinski definition) is 4. The first kappa shape index (κ1) is 12.8. The predicted octanol–water partition coefficient (Wildman–Crippen LogP) is 1.85. The minimum atomic E-state index is 0.294. The van der Waals surface area contributed by atoms with Crippen molar-refractivity contribution in [3.8, 4) is 0 Å². The first-order valence-corrected chi connectivity index (χ1v) is 6.96. The zero-order valence-corrected chi connectivity index (χ0v) is 11.3. The molecule has 1 saturated carbocycles. The molecule has 98 valence electrons.